The molecule has 0 fully saturated rings. The molecule has 0 saturated carbocycles. The lowest BCUT2D eigenvalue weighted by Gasteiger charge is -2.21. The van der Waals surface area contributed by atoms with E-state index in [1.54, 1.807) is 18.2 Å². The average Bonchev–Trinajstić information content (AvgIpc) is 3.04. The minimum Gasteiger partial charge on any atom is -0.327 e. The van der Waals surface area contributed by atoms with Gasteiger partial charge in [0.25, 0.3) is 15.9 Å². The van der Waals surface area contributed by atoms with Gasteiger partial charge in [-0.3, -0.25) is 9.52 Å². The van der Waals surface area contributed by atoms with Crippen LogP contribution in [0.15, 0.2) is 111 Å². The van der Waals surface area contributed by atoms with Crippen molar-refractivity contribution < 1.29 is 26.4 Å². The zero-order valence-electron chi connectivity index (χ0n) is 19.9. The highest BCUT2D eigenvalue weighted by Gasteiger charge is 2.31. The number of nitrogens with one attached hydrogen (secondary N) is 1. The Morgan fingerprint density at radius 1 is 1.00 bits per heavy atom. The van der Waals surface area contributed by atoms with Gasteiger partial charge in [-0.05, 0) is 70.0 Å². The van der Waals surface area contributed by atoms with Gasteiger partial charge in [0, 0.05) is 34.0 Å². The number of rotatable bonds is 4. The smallest absolute Gasteiger partial charge is 0.327 e. The summed E-state index contributed by atoms with van der Waals surface area (Å²) >= 11 is 3.45. The first-order valence-corrected chi connectivity index (χ1v) is 13.7. The molecule has 7 nitrogen and oxygen atoms in total. The van der Waals surface area contributed by atoms with Crippen molar-refractivity contribution in [2.24, 2.45) is 9.98 Å². The lowest BCUT2D eigenvalue weighted by atomic mass is 10.1. The van der Waals surface area contributed by atoms with Crippen molar-refractivity contribution in [3.05, 3.63) is 118 Å². The first-order valence-electron chi connectivity index (χ1n) is 11.4. The molecule has 0 radical (unpaired) electrons. The highest BCUT2D eigenvalue weighted by atomic mass is 79.9. The van der Waals surface area contributed by atoms with Crippen LogP contribution in [-0.2, 0) is 22.7 Å². The molecule has 3 aromatic rings. The maximum Gasteiger partial charge on any atom is 0.416 e. The van der Waals surface area contributed by atoms with Gasteiger partial charge in [0.1, 0.15) is 5.84 Å². The van der Waals surface area contributed by atoms with Crippen molar-refractivity contribution in [1.29, 1.82) is 0 Å². The van der Waals surface area contributed by atoms with E-state index in [1.165, 1.54) is 24.3 Å². The number of fused-ring (bicyclic) bond motifs is 2. The summed E-state index contributed by atoms with van der Waals surface area (Å²) in [7, 11) is -4.31. The van der Waals surface area contributed by atoms with Crippen LogP contribution >= 0.6 is 15.9 Å². The molecule has 0 spiro atoms. The lowest BCUT2D eigenvalue weighted by Crippen LogP contribution is -2.24. The number of amides is 1. The maximum absolute atomic E-state index is 13.2. The molecule has 3 aromatic carbocycles. The topological polar surface area (TPSA) is 91.2 Å². The summed E-state index contributed by atoms with van der Waals surface area (Å²) in [5.41, 5.74) is 0.243. The molecule has 0 atom stereocenters. The number of amidine groups is 2. The van der Waals surface area contributed by atoms with E-state index < -0.39 is 27.7 Å². The molecule has 0 saturated heterocycles. The van der Waals surface area contributed by atoms with Gasteiger partial charge < -0.3 is 4.90 Å². The van der Waals surface area contributed by atoms with Crippen LogP contribution in [0.1, 0.15) is 27.0 Å². The molecule has 39 heavy (non-hydrogen) atoms. The van der Waals surface area contributed by atoms with Crippen LogP contribution < -0.4 is 4.72 Å². The predicted molar refractivity (Wildman–Crippen MR) is 145 cm³/mol. The number of nitrogens with zero attached hydrogens (tertiary/aromatic N) is 3. The Bertz CT molecular complexity index is 1710. The lowest BCUT2D eigenvalue weighted by molar-refractivity contribution is -0.137. The average molecular weight is 615 g/mol. The van der Waals surface area contributed by atoms with Crippen LogP contribution in [0.4, 0.5) is 18.9 Å². The van der Waals surface area contributed by atoms with E-state index in [4.69, 9.17) is 0 Å². The van der Waals surface area contributed by atoms with E-state index in [9.17, 15) is 26.4 Å². The Hall–Kier alpha value is -4.03. The molecule has 198 valence electrons. The summed E-state index contributed by atoms with van der Waals surface area (Å²) in [4.78, 5) is 23.6. The van der Waals surface area contributed by atoms with E-state index in [0.717, 1.165) is 28.2 Å². The summed E-state index contributed by atoms with van der Waals surface area (Å²) in [5.74, 6) is 0.00678. The fourth-order valence-electron chi connectivity index (χ4n) is 3.98. The van der Waals surface area contributed by atoms with Crippen LogP contribution in [0.3, 0.4) is 0 Å². The number of benzene rings is 3. The molecule has 1 amide bonds. The van der Waals surface area contributed by atoms with Crippen LogP contribution in [0.5, 0.6) is 0 Å². The second-order valence-corrected chi connectivity index (χ2v) is 11.2. The van der Waals surface area contributed by atoms with E-state index in [-0.39, 0.29) is 22.0 Å². The minimum absolute atomic E-state index is 0.0324. The van der Waals surface area contributed by atoms with Crippen molar-refractivity contribution in [2.75, 3.05) is 4.72 Å². The van der Waals surface area contributed by atoms with Gasteiger partial charge in [-0.15, -0.1) is 0 Å². The second-order valence-electron chi connectivity index (χ2n) is 8.55. The van der Waals surface area contributed by atoms with Gasteiger partial charge in [0.05, 0.1) is 10.5 Å². The van der Waals surface area contributed by atoms with Crippen molar-refractivity contribution in [2.45, 2.75) is 17.6 Å². The number of carbonyl (C=O) groups is 1. The first kappa shape index (κ1) is 26.6. The van der Waals surface area contributed by atoms with Crippen LogP contribution in [0.25, 0.3) is 0 Å². The van der Waals surface area contributed by atoms with Gasteiger partial charge >= 0.3 is 6.18 Å². The van der Waals surface area contributed by atoms with E-state index in [2.05, 4.69) is 30.6 Å². The van der Waals surface area contributed by atoms with Crippen LogP contribution in [-0.4, -0.2) is 30.9 Å². The molecule has 2 aliphatic rings. The quantitative estimate of drug-likeness (QED) is 0.384. The molecule has 5 rings (SSSR count). The number of sulfonamides is 1. The highest BCUT2D eigenvalue weighted by Crippen LogP contribution is 2.31. The van der Waals surface area contributed by atoms with Gasteiger partial charge in [-0.1, -0.05) is 36.4 Å². The predicted octanol–water partition coefficient (Wildman–Crippen LogP) is 6.11. The minimum atomic E-state index is -4.63. The van der Waals surface area contributed by atoms with Crippen molar-refractivity contribution in [1.82, 2.24) is 4.90 Å². The normalized spacial score (nSPS) is 16.1. The summed E-state index contributed by atoms with van der Waals surface area (Å²) in [6, 6.07) is 16.3. The first-order chi connectivity index (χ1) is 18.5. The largest absolute Gasteiger partial charge is 0.416 e. The highest BCUT2D eigenvalue weighted by molar-refractivity contribution is 9.11. The molecule has 0 bridgehead atoms. The van der Waals surface area contributed by atoms with Crippen LogP contribution in [0.2, 0.25) is 0 Å². The molecule has 2 heterocycles. The molecule has 0 unspecified atom stereocenters. The molecule has 12 heteroatoms. The summed E-state index contributed by atoms with van der Waals surface area (Å²) in [5, 5.41) is 0. The van der Waals surface area contributed by atoms with Crippen molar-refractivity contribution in [3.8, 4) is 0 Å². The number of carbonyl (C=O) groups excluding carboxylic acids is 1. The fraction of sp³-hybridized carbons (Fsp3) is 0.0741. The monoisotopic (exact) mass is 614 g/mol. The third kappa shape index (κ3) is 5.86. The third-order valence-electron chi connectivity index (χ3n) is 5.83. The molecular weight excluding hydrogens is 597 g/mol. The van der Waals surface area contributed by atoms with Gasteiger partial charge in [0.2, 0.25) is 0 Å². The third-order valence-corrected chi connectivity index (χ3v) is 7.67. The van der Waals surface area contributed by atoms with Gasteiger partial charge in [-0.25, -0.2) is 13.4 Å². The number of halogens is 4. The Morgan fingerprint density at radius 3 is 2.56 bits per heavy atom. The molecule has 0 aliphatic carbocycles. The maximum atomic E-state index is 13.2. The van der Waals surface area contributed by atoms with E-state index in [0.29, 0.717) is 24.0 Å². The summed E-state index contributed by atoms with van der Waals surface area (Å²) in [6.45, 7) is 0.497. The molecule has 0 aromatic heterocycles. The number of alkyl halides is 3. The van der Waals surface area contributed by atoms with Gasteiger partial charge in [0.15, 0.2) is 5.84 Å². The number of hydrogen-bond acceptors (Lipinski definition) is 4. The zero-order valence-corrected chi connectivity index (χ0v) is 22.3. The Morgan fingerprint density at radius 2 is 1.77 bits per heavy atom. The van der Waals surface area contributed by atoms with E-state index in [1.807, 2.05) is 29.3 Å². The molecule has 1 N–H and O–H groups in total. The number of hydrogen-bond donors (Lipinski definition) is 1. The van der Waals surface area contributed by atoms with Crippen molar-refractivity contribution >= 4 is 49.2 Å². The Kier molecular flexibility index (Phi) is 7.00. The van der Waals surface area contributed by atoms with Gasteiger partial charge in [-0.2, -0.15) is 18.2 Å². The SMILES string of the molecule is O=C(N=C1N=C2C=CC(Br)=CN2Cc2ccccc21)c1cccc(S(=O)(=O)Nc2cccc(C(F)(F)F)c2)c1. The molecular formula is C27H18BrF3N4O3S. The van der Waals surface area contributed by atoms with Crippen LogP contribution in [0, 0.1) is 0 Å². The fourth-order valence-corrected chi connectivity index (χ4v) is 5.45. The van der Waals surface area contributed by atoms with E-state index >= 15 is 0 Å². The molecule has 2 aliphatic heterocycles. The number of aliphatic imine (C=N–C) groups is 2. The number of allylic oxidation sites excluding steroid dienone is 2. The Labute approximate surface area is 230 Å². The second kappa shape index (κ2) is 10.3. The zero-order chi connectivity index (χ0) is 27.8. The Balaban J connectivity index is 1.47. The summed E-state index contributed by atoms with van der Waals surface area (Å²) < 4.78 is 68.0. The number of anilines is 1. The standard InChI is InChI=1S/C27H18BrF3N4O3S/c28-20-11-12-24-32-25(23-10-2-1-5-18(23)15-35(24)16-20)33-26(36)17-6-3-9-22(13-17)39(37,38)34-21-8-4-7-19(14-21)27(29,30)31/h1-14,16,34H,15H2. The van der Waals surface area contributed by atoms with Crippen molar-refractivity contribution in [3.63, 3.8) is 0 Å². The summed E-state index contributed by atoms with van der Waals surface area (Å²) in [6.07, 6.45) is 0.829.